The Hall–Kier alpha value is -1.63. The summed E-state index contributed by atoms with van der Waals surface area (Å²) in [5, 5.41) is 13.1. The standard InChI is InChI=1S/C20H32N4O6S2/c1-10(9-32(29,30)23(5)6)14-15-11(2)17(16(20(27)28)24(15)19(14)26)31-12-7-13(21-8-12)18(25)22(3)4/h10-15,21H,7-9H2,1-6H3,(H,27,28)/t10-,11+,12-,13-,14+,15+/m0/s1. The van der Waals surface area contributed by atoms with Crippen molar-refractivity contribution in [1.29, 1.82) is 0 Å². The van der Waals surface area contributed by atoms with Gasteiger partial charge in [0.1, 0.15) is 5.70 Å². The summed E-state index contributed by atoms with van der Waals surface area (Å²) in [4.78, 5) is 40.8. The number of sulfonamides is 1. The summed E-state index contributed by atoms with van der Waals surface area (Å²) in [5.74, 6) is -2.88. The highest BCUT2D eigenvalue weighted by Gasteiger charge is 2.60. The van der Waals surface area contributed by atoms with Crippen molar-refractivity contribution in [3.63, 3.8) is 0 Å². The fraction of sp³-hybridized carbons (Fsp3) is 0.750. The minimum atomic E-state index is -3.49. The van der Waals surface area contributed by atoms with Crippen LogP contribution < -0.4 is 5.32 Å². The van der Waals surface area contributed by atoms with E-state index in [1.807, 2.05) is 6.92 Å². The van der Waals surface area contributed by atoms with Crippen molar-refractivity contribution in [3.8, 4) is 0 Å². The summed E-state index contributed by atoms with van der Waals surface area (Å²) in [7, 11) is 2.82. The van der Waals surface area contributed by atoms with Gasteiger partial charge in [-0.05, 0) is 12.3 Å². The molecule has 3 aliphatic heterocycles. The number of fused-ring (bicyclic) bond motifs is 1. The highest BCUT2D eigenvalue weighted by atomic mass is 32.2. The molecule has 0 bridgehead atoms. The number of β-lactam (4-membered cyclic amide) rings is 1. The first-order valence-corrected chi connectivity index (χ1v) is 13.1. The van der Waals surface area contributed by atoms with Gasteiger partial charge >= 0.3 is 5.97 Å². The summed E-state index contributed by atoms with van der Waals surface area (Å²) >= 11 is 1.42. The Morgan fingerprint density at radius 1 is 1.28 bits per heavy atom. The van der Waals surface area contributed by atoms with Crippen LogP contribution in [-0.4, -0.2) is 103 Å². The number of carboxylic acids is 1. The number of thioether (sulfide) groups is 1. The van der Waals surface area contributed by atoms with E-state index in [1.165, 1.54) is 35.7 Å². The monoisotopic (exact) mass is 488 g/mol. The van der Waals surface area contributed by atoms with Gasteiger partial charge in [-0.25, -0.2) is 17.5 Å². The Balaban J connectivity index is 1.78. The predicted molar refractivity (Wildman–Crippen MR) is 121 cm³/mol. The fourth-order valence-electron chi connectivity index (χ4n) is 4.82. The van der Waals surface area contributed by atoms with Crippen LogP contribution in [0.5, 0.6) is 0 Å². The van der Waals surface area contributed by atoms with E-state index >= 15 is 0 Å². The summed E-state index contributed by atoms with van der Waals surface area (Å²) < 4.78 is 25.8. The lowest BCUT2D eigenvalue weighted by Crippen LogP contribution is -2.63. The molecule has 0 radical (unpaired) electrons. The van der Waals surface area contributed by atoms with E-state index in [4.69, 9.17) is 0 Å². The number of amides is 2. The molecule has 0 unspecified atom stereocenters. The molecule has 3 rings (SSSR count). The van der Waals surface area contributed by atoms with Gasteiger partial charge in [-0.2, -0.15) is 0 Å². The lowest BCUT2D eigenvalue weighted by molar-refractivity contribution is -0.159. The van der Waals surface area contributed by atoms with Gasteiger partial charge in [0, 0.05) is 50.8 Å². The summed E-state index contributed by atoms with van der Waals surface area (Å²) in [5.41, 5.74) is -0.00111. The second-order valence-corrected chi connectivity index (χ2v) is 12.8. The number of rotatable bonds is 8. The molecule has 2 fully saturated rings. The second kappa shape index (κ2) is 8.96. The zero-order valence-corrected chi connectivity index (χ0v) is 20.9. The Morgan fingerprint density at radius 3 is 2.44 bits per heavy atom. The van der Waals surface area contributed by atoms with Gasteiger partial charge in [-0.3, -0.25) is 9.59 Å². The van der Waals surface area contributed by atoms with Gasteiger partial charge in [0.15, 0.2) is 0 Å². The number of aliphatic carboxylic acids is 1. The highest BCUT2D eigenvalue weighted by Crippen LogP contribution is 2.53. The van der Waals surface area contributed by atoms with Crippen LogP contribution in [0, 0.1) is 17.8 Å². The van der Waals surface area contributed by atoms with E-state index in [-0.39, 0.29) is 46.5 Å². The Morgan fingerprint density at radius 2 is 1.91 bits per heavy atom. The average molecular weight is 489 g/mol. The van der Waals surface area contributed by atoms with Crippen molar-refractivity contribution in [1.82, 2.24) is 19.4 Å². The molecular formula is C20H32N4O6S2. The Kier molecular flexibility index (Phi) is 7.00. The van der Waals surface area contributed by atoms with Crippen LogP contribution in [0.15, 0.2) is 10.6 Å². The molecule has 10 nitrogen and oxygen atoms in total. The zero-order valence-electron chi connectivity index (χ0n) is 19.2. The van der Waals surface area contributed by atoms with E-state index in [9.17, 15) is 27.9 Å². The molecule has 0 saturated carbocycles. The van der Waals surface area contributed by atoms with Gasteiger partial charge in [0.25, 0.3) is 0 Å². The van der Waals surface area contributed by atoms with Crippen LogP contribution in [-0.2, 0) is 24.4 Å². The maximum Gasteiger partial charge on any atom is 0.353 e. The molecule has 2 saturated heterocycles. The Bertz CT molecular complexity index is 948. The lowest BCUT2D eigenvalue weighted by atomic mass is 9.75. The number of nitrogens with zero attached hydrogens (tertiary/aromatic N) is 3. The quantitative estimate of drug-likeness (QED) is 0.451. The van der Waals surface area contributed by atoms with Crippen molar-refractivity contribution in [2.24, 2.45) is 17.8 Å². The maximum atomic E-state index is 12.9. The average Bonchev–Trinajstić information content (AvgIpc) is 3.23. The Labute approximate surface area is 193 Å². The van der Waals surface area contributed by atoms with Crippen molar-refractivity contribution in [2.75, 3.05) is 40.5 Å². The number of likely N-dealkylation sites (N-methyl/N-ethyl adjacent to an activating group) is 1. The molecular weight excluding hydrogens is 456 g/mol. The van der Waals surface area contributed by atoms with Crippen LogP contribution in [0.4, 0.5) is 0 Å². The smallest absolute Gasteiger partial charge is 0.353 e. The van der Waals surface area contributed by atoms with Gasteiger partial charge in [-0.15, -0.1) is 11.8 Å². The molecule has 0 spiro atoms. The molecule has 0 aromatic rings. The van der Waals surface area contributed by atoms with Crippen LogP contribution in [0.25, 0.3) is 0 Å². The molecule has 3 heterocycles. The first kappa shape index (κ1) is 25.0. The zero-order chi connectivity index (χ0) is 24.1. The first-order valence-electron chi connectivity index (χ1n) is 10.6. The van der Waals surface area contributed by atoms with Gasteiger partial charge < -0.3 is 20.2 Å². The molecule has 0 aliphatic carbocycles. The summed E-state index contributed by atoms with van der Waals surface area (Å²) in [6.07, 6.45) is 0.574. The second-order valence-electron chi connectivity index (χ2n) is 9.24. The summed E-state index contributed by atoms with van der Waals surface area (Å²) in [6, 6.07) is -0.673. The van der Waals surface area contributed by atoms with E-state index in [2.05, 4.69) is 5.32 Å². The van der Waals surface area contributed by atoms with Crippen LogP contribution in [0.2, 0.25) is 0 Å². The van der Waals surface area contributed by atoms with Crippen LogP contribution in [0.3, 0.4) is 0 Å². The predicted octanol–water partition coefficient (Wildman–Crippen LogP) is -0.161. The minimum Gasteiger partial charge on any atom is -0.477 e. The third-order valence-corrected chi connectivity index (χ3v) is 10.1. The first-order chi connectivity index (χ1) is 14.8. The normalized spacial score (nSPS) is 31.0. The minimum absolute atomic E-state index is 0.00111. The van der Waals surface area contributed by atoms with E-state index in [0.717, 1.165) is 4.31 Å². The van der Waals surface area contributed by atoms with Gasteiger partial charge in [0.2, 0.25) is 21.8 Å². The van der Waals surface area contributed by atoms with Crippen LogP contribution >= 0.6 is 11.8 Å². The molecule has 180 valence electrons. The van der Waals surface area contributed by atoms with Gasteiger partial charge in [0.05, 0.1) is 23.8 Å². The number of carbonyl (C=O) groups is 3. The SMILES string of the molecule is C[C@@H](CS(=O)(=O)N(C)C)[C@H]1C(=O)N2C(C(=O)O)=C(S[C@@H]3CN[C@H](C(=O)N(C)C)C3)[C@H](C)[C@H]12. The molecule has 32 heavy (non-hydrogen) atoms. The molecule has 2 N–H and O–H groups in total. The van der Waals surface area contributed by atoms with Gasteiger partial charge in [-0.1, -0.05) is 13.8 Å². The molecule has 12 heteroatoms. The fourth-order valence-corrected chi connectivity index (χ4v) is 7.47. The molecule has 2 amide bonds. The number of hydrogen-bond donors (Lipinski definition) is 2. The molecule has 6 atom stereocenters. The maximum absolute atomic E-state index is 12.9. The molecule has 0 aromatic carbocycles. The third kappa shape index (κ3) is 4.29. The largest absolute Gasteiger partial charge is 0.477 e. The number of hydrogen-bond acceptors (Lipinski definition) is 7. The van der Waals surface area contributed by atoms with E-state index in [1.54, 1.807) is 21.0 Å². The van der Waals surface area contributed by atoms with Crippen molar-refractivity contribution in [3.05, 3.63) is 10.6 Å². The highest BCUT2D eigenvalue weighted by molar-refractivity contribution is 8.03. The third-order valence-electron chi connectivity index (χ3n) is 6.56. The topological polar surface area (TPSA) is 127 Å². The van der Waals surface area contributed by atoms with Crippen LogP contribution in [0.1, 0.15) is 20.3 Å². The number of carboxylic acid groups (broad SMARTS) is 1. The van der Waals surface area contributed by atoms with Crippen molar-refractivity contribution >= 4 is 39.6 Å². The van der Waals surface area contributed by atoms with Crippen molar-refractivity contribution < 1.29 is 27.9 Å². The van der Waals surface area contributed by atoms with E-state index in [0.29, 0.717) is 17.9 Å². The van der Waals surface area contributed by atoms with E-state index < -0.39 is 27.8 Å². The summed E-state index contributed by atoms with van der Waals surface area (Å²) in [6.45, 7) is 4.20. The molecule has 3 aliphatic rings. The number of carbonyl (C=O) groups excluding carboxylic acids is 2. The number of nitrogens with one attached hydrogen (secondary N) is 1. The van der Waals surface area contributed by atoms with Crippen molar-refractivity contribution in [2.45, 2.75) is 37.6 Å². The molecule has 0 aromatic heterocycles. The lowest BCUT2D eigenvalue weighted by Gasteiger charge is -2.47.